The van der Waals surface area contributed by atoms with Crippen LogP contribution < -0.4 is 10.2 Å². The Kier molecular flexibility index (Phi) is 8.65. The Labute approximate surface area is 230 Å². The van der Waals surface area contributed by atoms with E-state index in [1.54, 1.807) is 6.08 Å². The van der Waals surface area contributed by atoms with E-state index in [0.29, 0.717) is 32.5 Å². The van der Waals surface area contributed by atoms with E-state index in [4.69, 9.17) is 11.6 Å². The number of carbonyl (C=O) groups excluding carboxylic acids is 1. The zero-order valence-electron chi connectivity index (χ0n) is 21.3. The van der Waals surface area contributed by atoms with Crippen molar-refractivity contribution in [3.8, 4) is 5.75 Å². The normalized spacial score (nSPS) is 20.4. The number of likely N-dealkylation sites (tertiary alicyclic amines) is 1. The van der Waals surface area contributed by atoms with Crippen LogP contribution in [0.2, 0.25) is 5.02 Å². The standard InChI is InChI=1S/C28H34ClF2N4O2P/c1-3-9-27(26(37)32-22-7-8-25(36)24(17-22)28(30,31)38)10-11-33(19-27)18-20(2)34-12-14-35(15-13-34)23-6-4-5-21(29)16-23/h3-8,16-17,36H,1-2,9-15,18-19,38H2,(H,32,37). The summed E-state index contributed by atoms with van der Waals surface area (Å²) in [5, 5.41) is 13.3. The molecular formula is C28H34ClF2N4O2P. The highest BCUT2D eigenvalue weighted by Crippen LogP contribution is 2.42. The molecule has 0 aliphatic carbocycles. The monoisotopic (exact) mass is 562 g/mol. The number of hydrogen-bond acceptors (Lipinski definition) is 5. The fourth-order valence-electron chi connectivity index (χ4n) is 5.27. The summed E-state index contributed by atoms with van der Waals surface area (Å²) in [6.45, 7) is 13.5. The van der Waals surface area contributed by atoms with Crippen LogP contribution in [-0.2, 0) is 10.5 Å². The maximum absolute atomic E-state index is 13.8. The minimum absolute atomic E-state index is 0.216. The molecule has 0 bridgehead atoms. The second-order valence-electron chi connectivity index (χ2n) is 10.1. The zero-order chi connectivity index (χ0) is 27.5. The minimum atomic E-state index is -3.31. The molecule has 38 heavy (non-hydrogen) atoms. The summed E-state index contributed by atoms with van der Waals surface area (Å²) in [7, 11) is 1.41. The predicted molar refractivity (Wildman–Crippen MR) is 153 cm³/mol. The van der Waals surface area contributed by atoms with Crippen molar-refractivity contribution >= 4 is 38.1 Å². The molecule has 0 saturated carbocycles. The van der Waals surface area contributed by atoms with Crippen LogP contribution in [0.25, 0.3) is 0 Å². The van der Waals surface area contributed by atoms with Gasteiger partial charge in [-0.3, -0.25) is 9.69 Å². The van der Waals surface area contributed by atoms with Crippen molar-refractivity contribution in [3.63, 3.8) is 0 Å². The van der Waals surface area contributed by atoms with Crippen LogP contribution in [0.1, 0.15) is 18.4 Å². The van der Waals surface area contributed by atoms with Gasteiger partial charge in [-0.15, -0.1) is 6.58 Å². The summed E-state index contributed by atoms with van der Waals surface area (Å²) in [5.41, 5.74) is -2.25. The molecule has 2 atom stereocenters. The molecule has 2 aliphatic heterocycles. The Hall–Kier alpha value is -2.67. The van der Waals surface area contributed by atoms with E-state index in [0.717, 1.165) is 48.7 Å². The summed E-state index contributed by atoms with van der Waals surface area (Å²) in [5.74, 6) is -0.771. The fraction of sp³-hybridized carbons (Fsp3) is 0.393. The van der Waals surface area contributed by atoms with Crippen LogP contribution >= 0.6 is 20.8 Å². The largest absolute Gasteiger partial charge is 0.507 e. The number of alkyl halides is 2. The molecule has 2 aliphatic rings. The lowest BCUT2D eigenvalue weighted by molar-refractivity contribution is -0.124. The molecule has 2 fully saturated rings. The average molecular weight is 563 g/mol. The van der Waals surface area contributed by atoms with E-state index in [1.165, 1.54) is 21.4 Å². The summed E-state index contributed by atoms with van der Waals surface area (Å²) in [6.07, 6.45) is 2.81. The average Bonchev–Trinajstić information content (AvgIpc) is 3.28. The molecular weight excluding hydrogens is 529 g/mol. The number of nitrogens with one attached hydrogen (secondary N) is 1. The smallest absolute Gasteiger partial charge is 0.287 e. The van der Waals surface area contributed by atoms with Gasteiger partial charge in [0.1, 0.15) is 5.75 Å². The first kappa shape index (κ1) is 28.3. The fourth-order valence-corrected chi connectivity index (χ4v) is 5.69. The van der Waals surface area contributed by atoms with Crippen LogP contribution in [0.5, 0.6) is 5.75 Å². The third-order valence-corrected chi connectivity index (χ3v) is 7.92. The van der Waals surface area contributed by atoms with Gasteiger partial charge in [-0.1, -0.05) is 39.6 Å². The van der Waals surface area contributed by atoms with Crippen LogP contribution in [0.15, 0.2) is 67.4 Å². The molecule has 2 unspecified atom stereocenters. The summed E-state index contributed by atoms with van der Waals surface area (Å²) < 4.78 is 27.7. The topological polar surface area (TPSA) is 59.1 Å². The lowest BCUT2D eigenvalue weighted by Crippen LogP contribution is -2.47. The van der Waals surface area contributed by atoms with Crippen molar-refractivity contribution in [2.24, 2.45) is 5.41 Å². The van der Waals surface area contributed by atoms with E-state index >= 15 is 0 Å². The Morgan fingerprint density at radius 3 is 2.58 bits per heavy atom. The maximum Gasteiger partial charge on any atom is 0.287 e. The zero-order valence-corrected chi connectivity index (χ0v) is 23.2. The number of phenolic OH excluding ortho intramolecular Hbond substituents is 1. The van der Waals surface area contributed by atoms with Crippen LogP contribution in [0.3, 0.4) is 0 Å². The van der Waals surface area contributed by atoms with Gasteiger partial charge < -0.3 is 20.2 Å². The molecule has 10 heteroatoms. The molecule has 4 rings (SSSR count). The van der Waals surface area contributed by atoms with Gasteiger partial charge in [0.2, 0.25) is 5.91 Å². The molecule has 2 aromatic rings. The second-order valence-corrected chi connectivity index (χ2v) is 11.2. The molecule has 0 aromatic heterocycles. The van der Waals surface area contributed by atoms with Gasteiger partial charge in [-0.2, -0.15) is 8.78 Å². The maximum atomic E-state index is 13.8. The molecule has 0 radical (unpaired) electrons. The number of piperazine rings is 1. The summed E-state index contributed by atoms with van der Waals surface area (Å²) >= 11 is 6.15. The first-order chi connectivity index (χ1) is 18.0. The van der Waals surface area contributed by atoms with Crippen molar-refractivity contribution < 1.29 is 18.7 Å². The highest BCUT2D eigenvalue weighted by atomic mass is 35.5. The molecule has 6 nitrogen and oxygen atoms in total. The highest BCUT2D eigenvalue weighted by molar-refractivity contribution is 7.17. The van der Waals surface area contributed by atoms with E-state index < -0.39 is 22.4 Å². The number of allylic oxidation sites excluding steroid dienone is 1. The van der Waals surface area contributed by atoms with Crippen molar-refractivity contribution in [1.82, 2.24) is 9.80 Å². The van der Waals surface area contributed by atoms with E-state index in [1.807, 2.05) is 18.2 Å². The van der Waals surface area contributed by atoms with Crippen LogP contribution in [0.4, 0.5) is 20.2 Å². The molecule has 2 heterocycles. The van der Waals surface area contributed by atoms with Gasteiger partial charge in [0, 0.05) is 61.4 Å². The second kappa shape index (κ2) is 11.6. The Balaban J connectivity index is 1.35. The minimum Gasteiger partial charge on any atom is -0.507 e. The van der Waals surface area contributed by atoms with E-state index in [-0.39, 0.29) is 11.6 Å². The molecule has 2 N–H and O–H groups in total. The van der Waals surface area contributed by atoms with Crippen LogP contribution in [0, 0.1) is 5.41 Å². The number of benzene rings is 2. The highest BCUT2D eigenvalue weighted by Gasteiger charge is 2.44. The number of nitrogens with zero attached hydrogens (tertiary/aromatic N) is 3. The molecule has 1 amide bonds. The SMILES string of the molecule is C=CCC1(C(=O)Nc2ccc(O)c(C(F)(F)P)c2)CCN(CC(=C)N2CCN(c3cccc(Cl)c3)CC2)C1. The number of anilines is 2. The molecule has 2 aromatic carbocycles. The number of rotatable bonds is 9. The number of hydrogen-bond donors (Lipinski definition) is 2. The quantitative estimate of drug-likeness (QED) is 0.240. The van der Waals surface area contributed by atoms with Gasteiger partial charge in [0.05, 0.1) is 11.0 Å². The first-order valence-corrected chi connectivity index (χ1v) is 13.5. The van der Waals surface area contributed by atoms with Crippen molar-refractivity contribution in [2.75, 3.05) is 56.0 Å². The van der Waals surface area contributed by atoms with Crippen molar-refractivity contribution in [2.45, 2.75) is 18.5 Å². The molecule has 204 valence electrons. The number of aromatic hydroxyl groups is 1. The third-order valence-electron chi connectivity index (χ3n) is 7.37. The van der Waals surface area contributed by atoms with Gasteiger partial charge in [-0.05, 0) is 55.8 Å². The van der Waals surface area contributed by atoms with Crippen molar-refractivity contribution in [1.29, 1.82) is 0 Å². The lowest BCUT2D eigenvalue weighted by Gasteiger charge is -2.39. The van der Waals surface area contributed by atoms with Crippen LogP contribution in [-0.4, -0.2) is 66.6 Å². The van der Waals surface area contributed by atoms with Gasteiger partial charge in [-0.25, -0.2) is 0 Å². The third kappa shape index (κ3) is 6.48. The van der Waals surface area contributed by atoms with Crippen molar-refractivity contribution in [3.05, 3.63) is 78.0 Å². The van der Waals surface area contributed by atoms with E-state index in [9.17, 15) is 18.7 Å². The Bertz CT molecular complexity index is 1200. The first-order valence-electron chi connectivity index (χ1n) is 12.6. The number of carbonyl (C=O) groups is 1. The number of amides is 1. The van der Waals surface area contributed by atoms with E-state index in [2.05, 4.69) is 39.2 Å². The Morgan fingerprint density at radius 1 is 1.18 bits per heavy atom. The lowest BCUT2D eigenvalue weighted by atomic mass is 9.82. The van der Waals surface area contributed by atoms with Gasteiger partial charge in [0.25, 0.3) is 5.66 Å². The molecule has 2 saturated heterocycles. The summed E-state index contributed by atoms with van der Waals surface area (Å²) in [4.78, 5) is 20.2. The number of phenols is 1. The Morgan fingerprint density at radius 2 is 1.92 bits per heavy atom. The molecule has 0 spiro atoms. The predicted octanol–water partition coefficient (Wildman–Crippen LogP) is 5.51. The summed E-state index contributed by atoms with van der Waals surface area (Å²) in [6, 6.07) is 11.6. The van der Waals surface area contributed by atoms with Gasteiger partial charge in [0.15, 0.2) is 0 Å². The van der Waals surface area contributed by atoms with Gasteiger partial charge >= 0.3 is 0 Å². The number of halogens is 3.